The standard InChI is InChI=1S/C8H7F3N2O/c1-12-7(14)5-4-13-3-2-6(5)8(9,10)11/h2-4H,1H3,(H,12,14). The van der Waals surface area contributed by atoms with Gasteiger partial charge in [0.25, 0.3) is 5.91 Å². The van der Waals surface area contributed by atoms with E-state index in [0.29, 0.717) is 0 Å². The largest absolute Gasteiger partial charge is 0.417 e. The highest BCUT2D eigenvalue weighted by molar-refractivity contribution is 5.95. The Balaban J connectivity index is 3.23. The maximum atomic E-state index is 12.3. The summed E-state index contributed by atoms with van der Waals surface area (Å²) in [4.78, 5) is 14.5. The van der Waals surface area contributed by atoms with Gasteiger partial charge in [0.1, 0.15) is 0 Å². The van der Waals surface area contributed by atoms with Crippen LogP contribution >= 0.6 is 0 Å². The highest BCUT2D eigenvalue weighted by atomic mass is 19.4. The molecule has 76 valence electrons. The number of nitrogens with one attached hydrogen (secondary N) is 1. The second-order valence-corrected chi connectivity index (χ2v) is 2.50. The molecular weight excluding hydrogens is 197 g/mol. The zero-order valence-electron chi connectivity index (χ0n) is 7.22. The third-order valence-corrected chi connectivity index (χ3v) is 1.60. The van der Waals surface area contributed by atoms with Gasteiger partial charge in [0.2, 0.25) is 0 Å². The summed E-state index contributed by atoms with van der Waals surface area (Å²) in [6.45, 7) is 0. The van der Waals surface area contributed by atoms with Crippen molar-refractivity contribution in [2.24, 2.45) is 0 Å². The number of amides is 1. The fourth-order valence-electron chi connectivity index (χ4n) is 0.957. The van der Waals surface area contributed by atoms with Crippen LogP contribution in [0.3, 0.4) is 0 Å². The molecule has 1 aromatic rings. The van der Waals surface area contributed by atoms with Crippen molar-refractivity contribution < 1.29 is 18.0 Å². The number of carbonyl (C=O) groups is 1. The van der Waals surface area contributed by atoms with Crippen LogP contribution in [0.2, 0.25) is 0 Å². The molecule has 0 saturated carbocycles. The quantitative estimate of drug-likeness (QED) is 0.752. The van der Waals surface area contributed by atoms with Crippen LogP contribution in [0.4, 0.5) is 13.2 Å². The van der Waals surface area contributed by atoms with Gasteiger partial charge in [-0.2, -0.15) is 13.2 Å². The lowest BCUT2D eigenvalue weighted by molar-refractivity contribution is -0.138. The van der Waals surface area contributed by atoms with Crippen molar-refractivity contribution >= 4 is 5.91 Å². The first-order chi connectivity index (χ1) is 6.46. The Kier molecular flexibility index (Phi) is 2.73. The number of nitrogens with zero attached hydrogens (tertiary/aromatic N) is 1. The molecule has 3 nitrogen and oxygen atoms in total. The first-order valence-corrected chi connectivity index (χ1v) is 3.70. The fraction of sp³-hybridized carbons (Fsp3) is 0.250. The molecule has 0 spiro atoms. The lowest BCUT2D eigenvalue weighted by atomic mass is 10.1. The Bertz CT molecular complexity index is 349. The van der Waals surface area contributed by atoms with Gasteiger partial charge in [0.15, 0.2) is 0 Å². The first kappa shape index (κ1) is 10.5. The van der Waals surface area contributed by atoms with E-state index >= 15 is 0 Å². The molecule has 1 amide bonds. The van der Waals surface area contributed by atoms with Gasteiger partial charge < -0.3 is 5.32 Å². The van der Waals surface area contributed by atoms with Crippen LogP contribution in [-0.4, -0.2) is 17.9 Å². The van der Waals surface area contributed by atoms with Crippen molar-refractivity contribution in [3.05, 3.63) is 29.6 Å². The number of alkyl halides is 3. The number of hydrogen-bond donors (Lipinski definition) is 1. The average Bonchev–Trinajstić information content (AvgIpc) is 2.15. The molecule has 14 heavy (non-hydrogen) atoms. The molecule has 6 heteroatoms. The van der Waals surface area contributed by atoms with Crippen molar-refractivity contribution in [1.82, 2.24) is 10.3 Å². The van der Waals surface area contributed by atoms with Gasteiger partial charge in [0, 0.05) is 19.4 Å². The van der Waals surface area contributed by atoms with E-state index in [0.717, 1.165) is 18.5 Å². The molecule has 1 heterocycles. The van der Waals surface area contributed by atoms with Crippen molar-refractivity contribution in [3.63, 3.8) is 0 Å². The second kappa shape index (κ2) is 3.65. The summed E-state index contributed by atoms with van der Waals surface area (Å²) >= 11 is 0. The normalized spacial score (nSPS) is 11.1. The number of rotatable bonds is 1. The van der Waals surface area contributed by atoms with Crippen LogP contribution in [-0.2, 0) is 6.18 Å². The molecule has 1 rings (SSSR count). The van der Waals surface area contributed by atoms with Crippen LogP contribution < -0.4 is 5.32 Å². The molecule has 0 aromatic carbocycles. The minimum atomic E-state index is -4.54. The van der Waals surface area contributed by atoms with Crippen molar-refractivity contribution in [1.29, 1.82) is 0 Å². The summed E-state index contributed by atoms with van der Waals surface area (Å²) in [6, 6.07) is 0.768. The molecule has 0 aliphatic carbocycles. The Hall–Kier alpha value is -1.59. The topological polar surface area (TPSA) is 42.0 Å². The van der Waals surface area contributed by atoms with E-state index in [2.05, 4.69) is 10.3 Å². The molecule has 0 bridgehead atoms. The molecule has 0 saturated heterocycles. The van der Waals surface area contributed by atoms with Crippen LogP contribution in [0.5, 0.6) is 0 Å². The van der Waals surface area contributed by atoms with E-state index in [9.17, 15) is 18.0 Å². The Labute approximate surface area is 78.0 Å². The number of pyridine rings is 1. The average molecular weight is 204 g/mol. The lowest BCUT2D eigenvalue weighted by Gasteiger charge is -2.10. The van der Waals surface area contributed by atoms with Gasteiger partial charge in [-0.25, -0.2) is 0 Å². The van der Waals surface area contributed by atoms with Crippen LogP contribution in [0.1, 0.15) is 15.9 Å². The van der Waals surface area contributed by atoms with Crippen LogP contribution in [0.15, 0.2) is 18.5 Å². The molecule has 0 radical (unpaired) electrons. The molecule has 0 fully saturated rings. The zero-order valence-corrected chi connectivity index (χ0v) is 7.22. The van der Waals surface area contributed by atoms with Gasteiger partial charge in [-0.1, -0.05) is 0 Å². The van der Waals surface area contributed by atoms with E-state index in [1.807, 2.05) is 0 Å². The molecule has 1 aromatic heterocycles. The molecule has 0 atom stereocenters. The van der Waals surface area contributed by atoms with E-state index in [4.69, 9.17) is 0 Å². The molecule has 0 unspecified atom stereocenters. The summed E-state index contributed by atoms with van der Waals surface area (Å²) in [6.07, 6.45) is -2.65. The van der Waals surface area contributed by atoms with E-state index in [1.54, 1.807) is 0 Å². The van der Waals surface area contributed by atoms with Gasteiger partial charge in [-0.15, -0.1) is 0 Å². The summed E-state index contributed by atoms with van der Waals surface area (Å²) in [5.74, 6) is -0.801. The fourth-order valence-corrected chi connectivity index (χ4v) is 0.957. The smallest absolute Gasteiger partial charge is 0.355 e. The van der Waals surface area contributed by atoms with Gasteiger partial charge in [-0.05, 0) is 6.07 Å². The van der Waals surface area contributed by atoms with E-state index in [-0.39, 0.29) is 0 Å². The second-order valence-electron chi connectivity index (χ2n) is 2.50. The summed E-state index contributed by atoms with van der Waals surface area (Å²) in [7, 11) is 1.26. The van der Waals surface area contributed by atoms with Crippen molar-refractivity contribution in [2.45, 2.75) is 6.18 Å². The number of hydrogen-bond acceptors (Lipinski definition) is 2. The zero-order chi connectivity index (χ0) is 10.8. The Morgan fingerprint density at radius 1 is 1.50 bits per heavy atom. The third kappa shape index (κ3) is 2.01. The highest BCUT2D eigenvalue weighted by Crippen LogP contribution is 2.31. The predicted octanol–water partition coefficient (Wildman–Crippen LogP) is 1.46. The highest BCUT2D eigenvalue weighted by Gasteiger charge is 2.34. The number of carbonyl (C=O) groups excluding carboxylic acids is 1. The molecular formula is C8H7F3N2O. The first-order valence-electron chi connectivity index (χ1n) is 3.70. The summed E-state index contributed by atoms with van der Waals surface area (Å²) in [5, 5.41) is 2.11. The van der Waals surface area contributed by atoms with Crippen LogP contribution in [0, 0.1) is 0 Å². The molecule has 1 N–H and O–H groups in total. The Morgan fingerprint density at radius 2 is 2.14 bits per heavy atom. The van der Waals surface area contributed by atoms with Crippen LogP contribution in [0.25, 0.3) is 0 Å². The molecule has 0 aliphatic heterocycles. The van der Waals surface area contributed by atoms with Gasteiger partial charge >= 0.3 is 6.18 Å². The third-order valence-electron chi connectivity index (χ3n) is 1.60. The predicted molar refractivity (Wildman–Crippen MR) is 42.6 cm³/mol. The Morgan fingerprint density at radius 3 is 2.64 bits per heavy atom. The van der Waals surface area contributed by atoms with E-state index in [1.165, 1.54) is 7.05 Å². The SMILES string of the molecule is CNC(=O)c1cnccc1C(F)(F)F. The number of halogens is 3. The van der Waals surface area contributed by atoms with Gasteiger partial charge in [-0.3, -0.25) is 9.78 Å². The lowest BCUT2D eigenvalue weighted by Crippen LogP contribution is -2.22. The number of aromatic nitrogens is 1. The van der Waals surface area contributed by atoms with Crippen molar-refractivity contribution in [2.75, 3.05) is 7.05 Å². The van der Waals surface area contributed by atoms with E-state index < -0.39 is 23.2 Å². The van der Waals surface area contributed by atoms with Crippen molar-refractivity contribution in [3.8, 4) is 0 Å². The minimum absolute atomic E-state index is 0.470. The maximum absolute atomic E-state index is 12.3. The maximum Gasteiger partial charge on any atom is 0.417 e. The summed E-state index contributed by atoms with van der Waals surface area (Å²) < 4.78 is 37.0. The summed E-state index contributed by atoms with van der Waals surface area (Å²) in [5.41, 5.74) is -1.45. The molecule has 0 aliphatic rings. The monoisotopic (exact) mass is 204 g/mol. The van der Waals surface area contributed by atoms with Gasteiger partial charge in [0.05, 0.1) is 11.1 Å². The minimum Gasteiger partial charge on any atom is -0.355 e.